The van der Waals surface area contributed by atoms with Gasteiger partial charge in [0.25, 0.3) is 0 Å². The molecule has 0 bridgehead atoms. The molecule has 1 aromatic heterocycles. The summed E-state index contributed by atoms with van der Waals surface area (Å²) in [4.78, 5) is 4.52. The maximum Gasteiger partial charge on any atom is 0.137 e. The van der Waals surface area contributed by atoms with E-state index in [0.717, 1.165) is 36.4 Å². The summed E-state index contributed by atoms with van der Waals surface area (Å²) in [6.45, 7) is 5.04. The molecule has 7 atom stereocenters. The molecule has 1 heterocycles. The van der Waals surface area contributed by atoms with Gasteiger partial charge in [0.15, 0.2) is 0 Å². The van der Waals surface area contributed by atoms with Crippen LogP contribution in [0.1, 0.15) is 77.0 Å². The molecule has 0 aromatic carbocycles. The van der Waals surface area contributed by atoms with E-state index >= 15 is 0 Å². The number of fused-ring (bicyclic) bond motifs is 5. The third kappa shape index (κ3) is 2.16. The number of H-pyrrole nitrogens is 1. The van der Waals surface area contributed by atoms with E-state index in [1.54, 1.807) is 11.9 Å². The van der Waals surface area contributed by atoms with E-state index < -0.39 is 0 Å². The standard InChI is InChI=1S/C21H31N3O/c1-20-9-7-14(25)11-13(20)3-4-15-16-5-6-18(19-22-12-23-24-19)21(16,2)10-8-17(15)20/h3,12,14-18,25H,4-11H2,1-2H3,(H,22,23,24)/t14-,15-,16-,17-,18+,20-,21-/m0/s1. The number of aromatic amines is 1. The normalized spacial score (nSPS) is 49.1. The molecular weight excluding hydrogens is 310 g/mol. The molecule has 0 saturated heterocycles. The van der Waals surface area contributed by atoms with E-state index in [2.05, 4.69) is 35.1 Å². The van der Waals surface area contributed by atoms with Crippen molar-refractivity contribution in [3.05, 3.63) is 23.8 Å². The molecule has 4 aliphatic carbocycles. The fraction of sp³-hybridized carbons (Fsp3) is 0.810. The Balaban J connectivity index is 1.47. The topological polar surface area (TPSA) is 61.8 Å². The van der Waals surface area contributed by atoms with Crippen LogP contribution in [-0.2, 0) is 0 Å². The Hall–Kier alpha value is -1.16. The van der Waals surface area contributed by atoms with Crippen LogP contribution in [0, 0.1) is 28.6 Å². The summed E-state index contributed by atoms with van der Waals surface area (Å²) < 4.78 is 0. The summed E-state index contributed by atoms with van der Waals surface area (Å²) in [5, 5.41) is 17.4. The SMILES string of the molecule is C[C@]12CC[C@H]3[C@@H](CC=C4C[C@@H](O)CC[C@@]43C)[C@@H]1CC[C@@H]2c1ncn[nH]1. The minimum absolute atomic E-state index is 0.105. The van der Waals surface area contributed by atoms with Gasteiger partial charge in [-0.2, -0.15) is 5.10 Å². The fourth-order valence-corrected chi connectivity index (χ4v) is 7.47. The van der Waals surface area contributed by atoms with Crippen LogP contribution in [0.15, 0.2) is 18.0 Å². The molecule has 5 rings (SSSR count). The van der Waals surface area contributed by atoms with Gasteiger partial charge >= 0.3 is 0 Å². The predicted octanol–water partition coefficient (Wildman–Crippen LogP) is 4.21. The first kappa shape index (κ1) is 16.0. The molecule has 1 aromatic rings. The van der Waals surface area contributed by atoms with Crippen molar-refractivity contribution in [1.82, 2.24) is 15.2 Å². The van der Waals surface area contributed by atoms with E-state index in [-0.39, 0.29) is 6.10 Å². The van der Waals surface area contributed by atoms with E-state index in [0.29, 0.717) is 16.7 Å². The monoisotopic (exact) mass is 341 g/mol. The van der Waals surface area contributed by atoms with E-state index in [4.69, 9.17) is 0 Å². The number of aromatic nitrogens is 3. The maximum atomic E-state index is 10.1. The lowest BCUT2D eigenvalue weighted by Gasteiger charge is -2.57. The van der Waals surface area contributed by atoms with Crippen molar-refractivity contribution >= 4 is 0 Å². The number of allylic oxidation sites excluding steroid dienone is 1. The molecule has 0 amide bonds. The number of hydrogen-bond acceptors (Lipinski definition) is 3. The van der Waals surface area contributed by atoms with Crippen molar-refractivity contribution in [2.45, 2.75) is 77.2 Å². The summed E-state index contributed by atoms with van der Waals surface area (Å²) in [6.07, 6.45) is 13.6. The lowest BCUT2D eigenvalue weighted by molar-refractivity contribution is -0.0415. The second-order valence-corrected chi connectivity index (χ2v) is 9.70. The minimum Gasteiger partial charge on any atom is -0.393 e. The smallest absolute Gasteiger partial charge is 0.137 e. The van der Waals surface area contributed by atoms with Crippen molar-refractivity contribution in [2.75, 3.05) is 0 Å². The Morgan fingerprint density at radius 3 is 2.80 bits per heavy atom. The third-order valence-electron chi connectivity index (χ3n) is 8.84. The Morgan fingerprint density at radius 2 is 2.00 bits per heavy atom. The van der Waals surface area contributed by atoms with Crippen LogP contribution >= 0.6 is 0 Å². The highest BCUT2D eigenvalue weighted by Crippen LogP contribution is 2.67. The molecule has 25 heavy (non-hydrogen) atoms. The highest BCUT2D eigenvalue weighted by Gasteiger charge is 2.59. The zero-order chi connectivity index (χ0) is 17.2. The van der Waals surface area contributed by atoms with E-state index in [1.165, 1.54) is 38.5 Å². The number of aliphatic hydroxyl groups excluding tert-OH is 1. The van der Waals surface area contributed by atoms with Gasteiger partial charge in [-0.1, -0.05) is 25.5 Å². The lowest BCUT2D eigenvalue weighted by Crippen LogP contribution is -2.50. The zero-order valence-electron chi connectivity index (χ0n) is 15.5. The van der Waals surface area contributed by atoms with Gasteiger partial charge in [-0.05, 0) is 80.0 Å². The Bertz CT molecular complexity index is 683. The Kier molecular flexibility index (Phi) is 3.48. The van der Waals surface area contributed by atoms with E-state index in [1.807, 2.05) is 0 Å². The predicted molar refractivity (Wildman–Crippen MR) is 96.8 cm³/mol. The van der Waals surface area contributed by atoms with Gasteiger partial charge in [0.05, 0.1) is 6.10 Å². The summed E-state index contributed by atoms with van der Waals surface area (Å²) in [5.74, 6) is 4.10. The molecule has 4 heteroatoms. The number of hydrogen-bond donors (Lipinski definition) is 2. The molecule has 0 unspecified atom stereocenters. The number of nitrogens with zero attached hydrogens (tertiary/aromatic N) is 2. The van der Waals surface area contributed by atoms with Crippen LogP contribution in [0.2, 0.25) is 0 Å². The first-order valence-electron chi connectivity index (χ1n) is 10.3. The number of nitrogens with one attached hydrogen (secondary N) is 1. The zero-order valence-corrected chi connectivity index (χ0v) is 15.5. The van der Waals surface area contributed by atoms with Gasteiger partial charge in [-0.25, -0.2) is 4.98 Å². The molecule has 3 saturated carbocycles. The molecule has 0 spiro atoms. The molecule has 136 valence electrons. The van der Waals surface area contributed by atoms with Crippen molar-refractivity contribution in [3.8, 4) is 0 Å². The van der Waals surface area contributed by atoms with Crippen LogP contribution in [0.25, 0.3) is 0 Å². The molecular formula is C21H31N3O. The average molecular weight is 341 g/mol. The van der Waals surface area contributed by atoms with Crippen LogP contribution < -0.4 is 0 Å². The summed E-state index contributed by atoms with van der Waals surface area (Å²) in [6, 6.07) is 0. The number of rotatable bonds is 1. The first-order chi connectivity index (χ1) is 12.0. The lowest BCUT2D eigenvalue weighted by atomic mass is 9.47. The van der Waals surface area contributed by atoms with Gasteiger partial charge in [0, 0.05) is 5.92 Å². The molecule has 4 nitrogen and oxygen atoms in total. The molecule has 2 N–H and O–H groups in total. The summed E-state index contributed by atoms with van der Waals surface area (Å²) in [7, 11) is 0. The second kappa shape index (κ2) is 5.42. The summed E-state index contributed by atoms with van der Waals surface area (Å²) in [5.41, 5.74) is 2.28. The number of aliphatic hydroxyl groups is 1. The molecule has 4 aliphatic rings. The van der Waals surface area contributed by atoms with Gasteiger partial charge in [-0.3, -0.25) is 5.10 Å². The quantitative estimate of drug-likeness (QED) is 0.752. The molecule has 0 aliphatic heterocycles. The fourth-order valence-electron chi connectivity index (χ4n) is 7.47. The minimum atomic E-state index is -0.105. The largest absolute Gasteiger partial charge is 0.393 e. The van der Waals surface area contributed by atoms with Crippen molar-refractivity contribution in [2.24, 2.45) is 28.6 Å². The van der Waals surface area contributed by atoms with Crippen LogP contribution in [-0.4, -0.2) is 26.4 Å². The average Bonchev–Trinajstić information content (AvgIpc) is 3.22. The van der Waals surface area contributed by atoms with Crippen LogP contribution in [0.3, 0.4) is 0 Å². The maximum absolute atomic E-state index is 10.1. The molecule has 3 fully saturated rings. The van der Waals surface area contributed by atoms with Crippen LogP contribution in [0.5, 0.6) is 0 Å². The van der Waals surface area contributed by atoms with E-state index in [9.17, 15) is 5.11 Å². The first-order valence-corrected chi connectivity index (χ1v) is 10.3. The van der Waals surface area contributed by atoms with Gasteiger partial charge in [-0.15, -0.1) is 0 Å². The Morgan fingerprint density at radius 1 is 1.12 bits per heavy atom. The van der Waals surface area contributed by atoms with Gasteiger partial charge in [0.2, 0.25) is 0 Å². The van der Waals surface area contributed by atoms with Gasteiger partial charge in [0.1, 0.15) is 12.2 Å². The van der Waals surface area contributed by atoms with Gasteiger partial charge < -0.3 is 5.11 Å². The second-order valence-electron chi connectivity index (χ2n) is 9.70. The summed E-state index contributed by atoms with van der Waals surface area (Å²) >= 11 is 0. The highest BCUT2D eigenvalue weighted by atomic mass is 16.3. The third-order valence-corrected chi connectivity index (χ3v) is 8.84. The highest BCUT2D eigenvalue weighted by molar-refractivity contribution is 5.26. The Labute approximate surface area is 150 Å². The van der Waals surface area contributed by atoms with Crippen LogP contribution in [0.4, 0.5) is 0 Å². The van der Waals surface area contributed by atoms with Crippen molar-refractivity contribution in [3.63, 3.8) is 0 Å². The van der Waals surface area contributed by atoms with Crippen molar-refractivity contribution < 1.29 is 5.11 Å². The van der Waals surface area contributed by atoms with Crippen molar-refractivity contribution in [1.29, 1.82) is 0 Å². The molecule has 0 radical (unpaired) electrons.